The summed E-state index contributed by atoms with van der Waals surface area (Å²) in [6, 6.07) is 67.6. The van der Waals surface area contributed by atoms with E-state index < -0.39 is 0 Å². The summed E-state index contributed by atoms with van der Waals surface area (Å²) in [7, 11) is 0. The zero-order valence-electron chi connectivity index (χ0n) is 32.1. The molecule has 3 heterocycles. The SMILES string of the molecule is c1ccc(-c2ccc(-c3nc(-c4ccc(-c5cccc6ccccc56)cc4)nc(-c4ccc5ccc6sc7ccc8nc(-c9ccccc9)oc8c7c6c5c4)n3)cc2)cc1. The van der Waals surface area contributed by atoms with Gasteiger partial charge in [-0.1, -0.05) is 158 Å². The van der Waals surface area contributed by atoms with Gasteiger partial charge in [-0.15, -0.1) is 11.3 Å². The Morgan fingerprint density at radius 2 is 0.883 bits per heavy atom. The standard InChI is InChI=1S/C54H32N4OS/c1-3-10-33(11-4-1)34-18-23-38(24-19-34)51-56-52(39-25-20-36(21-26-39)43-17-9-15-35-12-7-8-16-42(35)43)58-53(57-51)41-27-22-37-28-30-46-48(44(37)32-41)49-47(60-46)31-29-45-50(49)59-54(55-45)40-13-5-2-6-14-40/h1-32H. The van der Waals surface area contributed by atoms with E-state index in [1.807, 2.05) is 36.4 Å². The van der Waals surface area contributed by atoms with Crippen LogP contribution < -0.4 is 0 Å². The zero-order valence-corrected chi connectivity index (χ0v) is 32.9. The first-order valence-electron chi connectivity index (χ1n) is 20.0. The van der Waals surface area contributed by atoms with Crippen molar-refractivity contribution in [2.24, 2.45) is 0 Å². The van der Waals surface area contributed by atoms with E-state index in [1.54, 1.807) is 11.3 Å². The molecule has 0 fully saturated rings. The Labute approximate surface area is 348 Å². The number of aromatic nitrogens is 4. The van der Waals surface area contributed by atoms with Gasteiger partial charge in [0.15, 0.2) is 23.1 Å². The molecule has 12 rings (SSSR count). The van der Waals surface area contributed by atoms with Crippen molar-refractivity contribution in [2.75, 3.05) is 0 Å². The highest BCUT2D eigenvalue weighted by Gasteiger charge is 2.19. The van der Waals surface area contributed by atoms with Crippen LogP contribution in [0.4, 0.5) is 0 Å². The second-order valence-electron chi connectivity index (χ2n) is 15.0. The van der Waals surface area contributed by atoms with E-state index in [9.17, 15) is 0 Å². The topological polar surface area (TPSA) is 64.7 Å². The normalized spacial score (nSPS) is 11.7. The lowest BCUT2D eigenvalue weighted by Gasteiger charge is -2.11. The van der Waals surface area contributed by atoms with Crippen molar-refractivity contribution in [3.05, 3.63) is 194 Å². The highest BCUT2D eigenvalue weighted by molar-refractivity contribution is 7.26. The van der Waals surface area contributed by atoms with Crippen molar-refractivity contribution in [3.63, 3.8) is 0 Å². The van der Waals surface area contributed by atoms with E-state index in [-0.39, 0.29) is 0 Å². The van der Waals surface area contributed by atoms with Crippen LogP contribution >= 0.6 is 11.3 Å². The van der Waals surface area contributed by atoms with Gasteiger partial charge in [0, 0.05) is 42.4 Å². The number of oxazole rings is 1. The molecule has 5 nitrogen and oxygen atoms in total. The lowest BCUT2D eigenvalue weighted by atomic mass is 9.97. The maximum atomic E-state index is 6.58. The fourth-order valence-corrected chi connectivity index (χ4v) is 9.50. The van der Waals surface area contributed by atoms with Gasteiger partial charge in [0.25, 0.3) is 0 Å². The van der Waals surface area contributed by atoms with Gasteiger partial charge < -0.3 is 4.42 Å². The number of fused-ring (bicyclic) bond motifs is 8. The van der Waals surface area contributed by atoms with E-state index in [2.05, 4.69) is 158 Å². The molecule has 3 aromatic heterocycles. The summed E-state index contributed by atoms with van der Waals surface area (Å²) in [6.07, 6.45) is 0. The van der Waals surface area contributed by atoms with Crippen LogP contribution in [0.5, 0.6) is 0 Å². The van der Waals surface area contributed by atoms with Gasteiger partial charge in [-0.3, -0.25) is 0 Å². The summed E-state index contributed by atoms with van der Waals surface area (Å²) < 4.78 is 8.92. The number of hydrogen-bond donors (Lipinski definition) is 0. The van der Waals surface area contributed by atoms with Crippen molar-refractivity contribution < 1.29 is 4.42 Å². The fraction of sp³-hybridized carbons (Fsp3) is 0. The van der Waals surface area contributed by atoms with Crippen LogP contribution in [0.3, 0.4) is 0 Å². The van der Waals surface area contributed by atoms with E-state index in [4.69, 9.17) is 24.4 Å². The van der Waals surface area contributed by atoms with Gasteiger partial charge in [0.1, 0.15) is 5.52 Å². The van der Waals surface area contributed by atoms with Crippen LogP contribution in [0, 0.1) is 0 Å². The number of nitrogens with zero attached hydrogens (tertiary/aromatic N) is 4. The molecule has 0 aliphatic heterocycles. The highest BCUT2D eigenvalue weighted by atomic mass is 32.1. The lowest BCUT2D eigenvalue weighted by molar-refractivity contribution is 0.623. The molecule has 60 heavy (non-hydrogen) atoms. The highest BCUT2D eigenvalue weighted by Crippen LogP contribution is 2.44. The molecule has 280 valence electrons. The molecule has 9 aromatic carbocycles. The maximum Gasteiger partial charge on any atom is 0.227 e. The molecule has 12 aromatic rings. The Balaban J connectivity index is 1.02. The predicted molar refractivity (Wildman–Crippen MR) is 248 cm³/mol. The lowest BCUT2D eigenvalue weighted by Crippen LogP contribution is -2.00. The molecule has 0 aliphatic rings. The van der Waals surface area contributed by atoms with E-state index in [1.165, 1.54) is 21.0 Å². The quantitative estimate of drug-likeness (QED) is 0.168. The van der Waals surface area contributed by atoms with Crippen LogP contribution in [-0.4, -0.2) is 19.9 Å². The average molecular weight is 785 g/mol. The van der Waals surface area contributed by atoms with E-state index in [0.717, 1.165) is 76.3 Å². The molecule has 0 saturated carbocycles. The van der Waals surface area contributed by atoms with Gasteiger partial charge in [-0.25, -0.2) is 19.9 Å². The van der Waals surface area contributed by atoms with Crippen LogP contribution in [0.2, 0.25) is 0 Å². The Bertz CT molecular complexity index is 3570. The molecule has 0 unspecified atom stereocenters. The summed E-state index contributed by atoms with van der Waals surface area (Å²) in [5.41, 5.74) is 9.95. The average Bonchev–Trinajstić information content (AvgIpc) is 3.94. The summed E-state index contributed by atoms with van der Waals surface area (Å²) in [6.45, 7) is 0. The number of rotatable bonds is 6. The minimum Gasteiger partial charge on any atom is -0.435 e. The first-order chi connectivity index (χ1) is 29.7. The zero-order chi connectivity index (χ0) is 39.6. The molecule has 0 amide bonds. The maximum absolute atomic E-state index is 6.58. The van der Waals surface area contributed by atoms with E-state index >= 15 is 0 Å². The Morgan fingerprint density at radius 3 is 1.63 bits per heavy atom. The van der Waals surface area contributed by atoms with Gasteiger partial charge in [-0.2, -0.15) is 0 Å². The van der Waals surface area contributed by atoms with Crippen molar-refractivity contribution in [1.29, 1.82) is 0 Å². The molecule has 0 spiro atoms. The van der Waals surface area contributed by atoms with Crippen LogP contribution in [0.1, 0.15) is 0 Å². The van der Waals surface area contributed by atoms with Crippen molar-refractivity contribution >= 4 is 64.2 Å². The molecular formula is C54H32N4OS. The first kappa shape index (κ1) is 34.3. The molecule has 0 atom stereocenters. The van der Waals surface area contributed by atoms with Gasteiger partial charge in [-0.05, 0) is 80.2 Å². The van der Waals surface area contributed by atoms with Crippen LogP contribution in [-0.2, 0) is 0 Å². The molecular weight excluding hydrogens is 753 g/mol. The summed E-state index contributed by atoms with van der Waals surface area (Å²) >= 11 is 1.77. The summed E-state index contributed by atoms with van der Waals surface area (Å²) in [4.78, 5) is 20.4. The number of thiophene rings is 1. The fourth-order valence-electron chi connectivity index (χ4n) is 8.38. The Kier molecular flexibility index (Phi) is 7.96. The van der Waals surface area contributed by atoms with Crippen LogP contribution in [0.25, 0.3) is 121 Å². The smallest absolute Gasteiger partial charge is 0.227 e. The predicted octanol–water partition coefficient (Wildman–Crippen LogP) is 14.7. The Morgan fingerprint density at radius 1 is 0.350 bits per heavy atom. The van der Waals surface area contributed by atoms with Crippen molar-refractivity contribution in [1.82, 2.24) is 19.9 Å². The molecule has 0 bridgehead atoms. The Hall–Kier alpha value is -7.80. The van der Waals surface area contributed by atoms with Gasteiger partial charge in [0.2, 0.25) is 5.89 Å². The second-order valence-corrected chi connectivity index (χ2v) is 16.1. The molecule has 0 aliphatic carbocycles. The van der Waals surface area contributed by atoms with Gasteiger partial charge >= 0.3 is 0 Å². The minimum atomic E-state index is 0.606. The molecule has 0 saturated heterocycles. The molecule has 0 N–H and O–H groups in total. The van der Waals surface area contributed by atoms with Crippen molar-refractivity contribution in [2.45, 2.75) is 0 Å². The molecule has 0 radical (unpaired) electrons. The third-order valence-corrected chi connectivity index (χ3v) is 12.5. The number of hydrogen-bond acceptors (Lipinski definition) is 6. The molecule has 6 heteroatoms. The summed E-state index contributed by atoms with van der Waals surface area (Å²) in [5.74, 6) is 2.45. The van der Waals surface area contributed by atoms with Crippen molar-refractivity contribution in [3.8, 4) is 67.9 Å². The van der Waals surface area contributed by atoms with Gasteiger partial charge in [0.05, 0.1) is 0 Å². The van der Waals surface area contributed by atoms with E-state index in [0.29, 0.717) is 23.4 Å². The third kappa shape index (κ3) is 5.84. The number of benzene rings is 9. The monoisotopic (exact) mass is 784 g/mol. The first-order valence-corrected chi connectivity index (χ1v) is 20.8. The third-order valence-electron chi connectivity index (χ3n) is 11.4. The summed E-state index contributed by atoms with van der Waals surface area (Å²) in [5, 5.41) is 6.89. The minimum absolute atomic E-state index is 0.606. The largest absolute Gasteiger partial charge is 0.435 e. The second kappa shape index (κ2) is 13.9. The van der Waals surface area contributed by atoms with Crippen LogP contribution in [0.15, 0.2) is 199 Å².